The lowest BCUT2D eigenvalue weighted by Gasteiger charge is -2.18. The molecule has 0 atom stereocenters. The van der Waals surface area contributed by atoms with Gasteiger partial charge >= 0.3 is 0 Å². The first kappa shape index (κ1) is 17.3. The average molecular weight is 317 g/mol. The third-order valence-electron chi connectivity index (χ3n) is 2.76. The predicted molar refractivity (Wildman–Crippen MR) is 78.4 cm³/mol. The van der Waals surface area contributed by atoms with Crippen molar-refractivity contribution in [2.75, 3.05) is 25.9 Å². The Morgan fingerprint density at radius 3 is 2.52 bits per heavy atom. The highest BCUT2D eigenvalue weighted by Crippen LogP contribution is 2.25. The predicted octanol–water partition coefficient (Wildman–Crippen LogP) is 1.22. The molecule has 0 amide bonds. The maximum absolute atomic E-state index is 12.3. The number of hydrogen-bond acceptors (Lipinski definition) is 6. The standard InChI is InChI=1S/C12H19N3O5S/c1-9(2)20-7-6-14(3)21(18,19)10-4-5-12(15(16)17)11(13)8-10/h4-5,8-9H,6-7,13H2,1-3H3. The summed E-state index contributed by atoms with van der Waals surface area (Å²) in [6.07, 6.45) is 0.0103. The van der Waals surface area contributed by atoms with Crippen LogP contribution in [0.2, 0.25) is 0 Å². The number of ether oxygens (including phenoxy) is 1. The van der Waals surface area contributed by atoms with Gasteiger partial charge in [-0.15, -0.1) is 0 Å². The van der Waals surface area contributed by atoms with Crippen LogP contribution < -0.4 is 5.73 Å². The quantitative estimate of drug-likeness (QED) is 0.459. The maximum Gasteiger partial charge on any atom is 0.292 e. The van der Waals surface area contributed by atoms with Crippen LogP contribution in [0.5, 0.6) is 0 Å². The molecule has 9 heteroatoms. The molecule has 0 aliphatic rings. The smallest absolute Gasteiger partial charge is 0.292 e. The van der Waals surface area contributed by atoms with Gasteiger partial charge in [-0.3, -0.25) is 10.1 Å². The van der Waals surface area contributed by atoms with E-state index in [-0.39, 0.29) is 35.5 Å². The number of nitrogens with zero attached hydrogens (tertiary/aromatic N) is 2. The largest absolute Gasteiger partial charge is 0.393 e. The van der Waals surface area contributed by atoms with Gasteiger partial charge in [0.05, 0.1) is 22.5 Å². The van der Waals surface area contributed by atoms with Gasteiger partial charge in [-0.05, 0) is 26.0 Å². The lowest BCUT2D eigenvalue weighted by molar-refractivity contribution is -0.383. The monoisotopic (exact) mass is 317 g/mol. The minimum absolute atomic E-state index is 0.0103. The molecule has 0 saturated heterocycles. The minimum atomic E-state index is -3.75. The van der Waals surface area contributed by atoms with Crippen LogP contribution in [-0.2, 0) is 14.8 Å². The summed E-state index contributed by atoms with van der Waals surface area (Å²) in [6, 6.07) is 3.34. The van der Waals surface area contributed by atoms with Gasteiger partial charge in [0.2, 0.25) is 10.0 Å². The van der Waals surface area contributed by atoms with Gasteiger partial charge in [-0.2, -0.15) is 4.31 Å². The maximum atomic E-state index is 12.3. The van der Waals surface area contributed by atoms with E-state index in [1.807, 2.05) is 13.8 Å². The lowest BCUT2D eigenvalue weighted by Crippen LogP contribution is -2.31. The summed E-state index contributed by atoms with van der Waals surface area (Å²) >= 11 is 0. The van der Waals surface area contributed by atoms with Crippen LogP contribution >= 0.6 is 0 Å². The number of anilines is 1. The summed E-state index contributed by atoms with van der Waals surface area (Å²) in [6.45, 7) is 4.14. The van der Waals surface area contributed by atoms with Crippen molar-refractivity contribution in [1.29, 1.82) is 0 Å². The highest BCUT2D eigenvalue weighted by Gasteiger charge is 2.23. The first-order valence-corrected chi connectivity index (χ1v) is 7.72. The molecule has 21 heavy (non-hydrogen) atoms. The number of nitrogens with two attached hydrogens (primary N) is 1. The molecular weight excluding hydrogens is 298 g/mol. The van der Waals surface area contributed by atoms with Crippen LogP contribution in [0.25, 0.3) is 0 Å². The molecule has 0 radical (unpaired) electrons. The van der Waals surface area contributed by atoms with Crippen molar-refractivity contribution in [2.24, 2.45) is 0 Å². The molecule has 0 unspecified atom stereocenters. The molecule has 0 aromatic heterocycles. The number of benzene rings is 1. The zero-order valence-electron chi connectivity index (χ0n) is 12.1. The molecule has 0 aliphatic heterocycles. The van der Waals surface area contributed by atoms with Crippen molar-refractivity contribution < 1.29 is 18.1 Å². The Labute approximate surface area is 123 Å². The zero-order chi connectivity index (χ0) is 16.2. The van der Waals surface area contributed by atoms with E-state index in [4.69, 9.17) is 10.5 Å². The minimum Gasteiger partial charge on any atom is -0.393 e. The molecule has 8 nitrogen and oxygen atoms in total. The highest BCUT2D eigenvalue weighted by atomic mass is 32.2. The molecule has 0 saturated carbocycles. The molecule has 0 fully saturated rings. The number of rotatable bonds is 7. The van der Waals surface area contributed by atoms with Crippen molar-refractivity contribution in [3.8, 4) is 0 Å². The van der Waals surface area contributed by atoms with Gasteiger partial charge < -0.3 is 10.5 Å². The third kappa shape index (κ3) is 4.38. The first-order valence-electron chi connectivity index (χ1n) is 6.28. The van der Waals surface area contributed by atoms with Crippen molar-refractivity contribution in [3.63, 3.8) is 0 Å². The second kappa shape index (κ2) is 6.83. The van der Waals surface area contributed by atoms with Crippen LogP contribution in [0.15, 0.2) is 23.1 Å². The Hall–Kier alpha value is -1.71. The first-order chi connectivity index (χ1) is 9.66. The summed E-state index contributed by atoms with van der Waals surface area (Å²) in [5.74, 6) is 0. The second-order valence-corrected chi connectivity index (χ2v) is 6.77. The highest BCUT2D eigenvalue weighted by molar-refractivity contribution is 7.89. The Bertz CT molecular complexity index is 615. The number of nitro groups is 1. The van der Waals surface area contributed by atoms with E-state index in [0.29, 0.717) is 0 Å². The van der Waals surface area contributed by atoms with Crippen LogP contribution in [-0.4, -0.2) is 43.9 Å². The van der Waals surface area contributed by atoms with Crippen LogP contribution in [0, 0.1) is 10.1 Å². The molecular formula is C12H19N3O5S. The van der Waals surface area contributed by atoms with Crippen LogP contribution in [0.1, 0.15) is 13.8 Å². The number of sulfonamides is 1. The van der Waals surface area contributed by atoms with E-state index in [1.54, 1.807) is 0 Å². The zero-order valence-corrected chi connectivity index (χ0v) is 13.0. The van der Waals surface area contributed by atoms with Gasteiger partial charge in [0.25, 0.3) is 5.69 Å². The summed E-state index contributed by atoms with van der Waals surface area (Å²) in [5.41, 5.74) is 5.00. The average Bonchev–Trinajstić information content (AvgIpc) is 2.37. The normalized spacial score (nSPS) is 12.0. The molecule has 2 N–H and O–H groups in total. The number of hydrogen-bond donors (Lipinski definition) is 1. The van der Waals surface area contributed by atoms with E-state index in [0.717, 1.165) is 16.4 Å². The molecule has 0 heterocycles. The summed E-state index contributed by atoms with van der Waals surface area (Å²) < 4.78 is 31.0. The fourth-order valence-corrected chi connectivity index (χ4v) is 2.77. The van der Waals surface area contributed by atoms with Gasteiger partial charge in [-0.1, -0.05) is 0 Å². The molecule has 0 spiro atoms. The molecule has 0 aliphatic carbocycles. The molecule has 1 rings (SSSR count). The Balaban J connectivity index is 2.92. The molecule has 118 valence electrons. The topological polar surface area (TPSA) is 116 Å². The van der Waals surface area contributed by atoms with E-state index in [9.17, 15) is 18.5 Å². The van der Waals surface area contributed by atoms with Crippen molar-refractivity contribution in [3.05, 3.63) is 28.3 Å². The summed E-state index contributed by atoms with van der Waals surface area (Å²) in [4.78, 5) is 9.92. The molecule has 1 aromatic carbocycles. The number of likely N-dealkylation sites (N-methyl/N-ethyl adjacent to an activating group) is 1. The van der Waals surface area contributed by atoms with E-state index in [1.165, 1.54) is 13.1 Å². The molecule has 0 bridgehead atoms. The Morgan fingerprint density at radius 1 is 1.43 bits per heavy atom. The van der Waals surface area contributed by atoms with Crippen LogP contribution in [0.3, 0.4) is 0 Å². The Kier molecular flexibility index (Phi) is 5.64. The fourth-order valence-electron chi connectivity index (χ4n) is 1.58. The van der Waals surface area contributed by atoms with Gasteiger partial charge in [0, 0.05) is 19.7 Å². The van der Waals surface area contributed by atoms with Crippen LogP contribution in [0.4, 0.5) is 11.4 Å². The SMILES string of the molecule is CC(C)OCCN(C)S(=O)(=O)c1ccc([N+](=O)[O-])c(N)c1. The Morgan fingerprint density at radius 2 is 2.05 bits per heavy atom. The lowest BCUT2D eigenvalue weighted by atomic mass is 10.3. The third-order valence-corrected chi connectivity index (χ3v) is 4.61. The summed E-state index contributed by atoms with van der Waals surface area (Å²) in [5, 5.41) is 10.7. The van der Waals surface area contributed by atoms with Crippen molar-refractivity contribution in [2.45, 2.75) is 24.8 Å². The van der Waals surface area contributed by atoms with E-state index >= 15 is 0 Å². The number of nitrogen functional groups attached to an aromatic ring is 1. The van der Waals surface area contributed by atoms with E-state index in [2.05, 4.69) is 0 Å². The van der Waals surface area contributed by atoms with Crippen molar-refractivity contribution >= 4 is 21.4 Å². The second-order valence-electron chi connectivity index (χ2n) is 4.72. The van der Waals surface area contributed by atoms with Crippen molar-refractivity contribution in [1.82, 2.24) is 4.31 Å². The van der Waals surface area contributed by atoms with E-state index < -0.39 is 14.9 Å². The fraction of sp³-hybridized carbons (Fsp3) is 0.500. The molecule has 1 aromatic rings. The van der Waals surface area contributed by atoms with Gasteiger partial charge in [-0.25, -0.2) is 8.42 Å². The summed E-state index contributed by atoms with van der Waals surface area (Å²) in [7, 11) is -2.34. The van der Waals surface area contributed by atoms with Gasteiger partial charge in [0.1, 0.15) is 5.69 Å². The number of nitro benzene ring substituents is 1. The van der Waals surface area contributed by atoms with Gasteiger partial charge in [0.15, 0.2) is 0 Å².